The number of carbonyl (C=O) groups is 1. The lowest BCUT2D eigenvalue weighted by molar-refractivity contribution is -0.114. The zero-order valence-corrected chi connectivity index (χ0v) is 10.2. The third kappa shape index (κ3) is 3.28. The van der Waals surface area contributed by atoms with E-state index in [1.165, 1.54) is 25.1 Å². The Morgan fingerprint density at radius 1 is 0.947 bits per heavy atom. The summed E-state index contributed by atoms with van der Waals surface area (Å²) < 4.78 is 26.9. The molecule has 0 unspecified atom stereocenters. The largest absolute Gasteiger partial charge is 0.351 e. The number of nitrogens with one attached hydrogen (secondary N) is 2. The molecule has 98 valence electrons. The van der Waals surface area contributed by atoms with Crippen LogP contribution in [-0.2, 0) is 4.79 Å². The van der Waals surface area contributed by atoms with E-state index < -0.39 is 11.6 Å². The van der Waals surface area contributed by atoms with E-state index in [-0.39, 0.29) is 11.6 Å². The summed E-state index contributed by atoms with van der Waals surface area (Å²) in [6.45, 7) is 1.40. The molecule has 5 heteroatoms. The standard InChI is InChI=1S/C14H12F2N2O/c1-9(19)17-10-5-7-11(8-6-10)18-14-12(15)3-2-4-13(14)16/h2-8,18H,1H3,(H,17,19). The molecule has 0 fully saturated rings. The highest BCUT2D eigenvalue weighted by Gasteiger charge is 2.08. The summed E-state index contributed by atoms with van der Waals surface area (Å²) in [6.07, 6.45) is 0. The molecule has 0 atom stereocenters. The van der Waals surface area contributed by atoms with Gasteiger partial charge in [-0.25, -0.2) is 8.78 Å². The van der Waals surface area contributed by atoms with Gasteiger partial charge in [0, 0.05) is 18.3 Å². The van der Waals surface area contributed by atoms with Crippen molar-refractivity contribution in [3.8, 4) is 0 Å². The molecule has 2 N–H and O–H groups in total. The van der Waals surface area contributed by atoms with Crippen LogP contribution in [-0.4, -0.2) is 5.91 Å². The third-order valence-electron chi connectivity index (χ3n) is 2.44. The molecule has 19 heavy (non-hydrogen) atoms. The van der Waals surface area contributed by atoms with Crippen LogP contribution in [0.5, 0.6) is 0 Å². The van der Waals surface area contributed by atoms with Crippen molar-refractivity contribution < 1.29 is 13.6 Å². The number of benzene rings is 2. The van der Waals surface area contributed by atoms with Crippen molar-refractivity contribution in [1.82, 2.24) is 0 Å². The van der Waals surface area contributed by atoms with Crippen molar-refractivity contribution in [2.75, 3.05) is 10.6 Å². The van der Waals surface area contributed by atoms with Crippen molar-refractivity contribution in [3.05, 3.63) is 54.1 Å². The molecule has 0 heterocycles. The fourth-order valence-corrected chi connectivity index (χ4v) is 1.60. The number of rotatable bonds is 3. The predicted octanol–water partition coefficient (Wildman–Crippen LogP) is 3.67. The topological polar surface area (TPSA) is 41.1 Å². The average molecular weight is 262 g/mol. The van der Waals surface area contributed by atoms with Crippen LogP contribution in [0, 0.1) is 11.6 Å². The zero-order valence-electron chi connectivity index (χ0n) is 10.2. The molecule has 2 rings (SSSR count). The lowest BCUT2D eigenvalue weighted by atomic mass is 10.2. The van der Waals surface area contributed by atoms with Gasteiger partial charge in [0.2, 0.25) is 5.91 Å². The summed E-state index contributed by atoms with van der Waals surface area (Å²) in [5.74, 6) is -1.50. The van der Waals surface area contributed by atoms with Crippen LogP contribution in [0.4, 0.5) is 25.8 Å². The van der Waals surface area contributed by atoms with E-state index >= 15 is 0 Å². The Bertz CT molecular complexity index is 577. The van der Waals surface area contributed by atoms with Gasteiger partial charge in [0.15, 0.2) is 0 Å². The van der Waals surface area contributed by atoms with E-state index in [0.717, 1.165) is 0 Å². The van der Waals surface area contributed by atoms with Gasteiger partial charge < -0.3 is 10.6 Å². The number of halogens is 2. The van der Waals surface area contributed by atoms with E-state index in [4.69, 9.17) is 0 Å². The molecular formula is C14H12F2N2O. The highest BCUT2D eigenvalue weighted by Crippen LogP contribution is 2.24. The number of amides is 1. The number of carbonyl (C=O) groups excluding carboxylic acids is 1. The molecular weight excluding hydrogens is 250 g/mol. The quantitative estimate of drug-likeness (QED) is 0.886. The predicted molar refractivity (Wildman–Crippen MR) is 70.4 cm³/mol. The first-order valence-electron chi connectivity index (χ1n) is 5.65. The first kappa shape index (κ1) is 13.0. The maximum Gasteiger partial charge on any atom is 0.221 e. The average Bonchev–Trinajstić information content (AvgIpc) is 2.35. The summed E-state index contributed by atoms with van der Waals surface area (Å²) in [7, 11) is 0. The van der Waals surface area contributed by atoms with Crippen molar-refractivity contribution in [2.24, 2.45) is 0 Å². The zero-order chi connectivity index (χ0) is 13.8. The first-order chi connectivity index (χ1) is 9.06. The molecule has 1 amide bonds. The Hall–Kier alpha value is -2.43. The molecule has 0 spiro atoms. The van der Waals surface area contributed by atoms with E-state index in [2.05, 4.69) is 10.6 Å². The van der Waals surface area contributed by atoms with Crippen molar-refractivity contribution >= 4 is 23.0 Å². The Labute approximate surface area is 109 Å². The monoisotopic (exact) mass is 262 g/mol. The van der Waals surface area contributed by atoms with Gasteiger partial charge in [-0.1, -0.05) is 6.07 Å². The van der Waals surface area contributed by atoms with Gasteiger partial charge in [0.25, 0.3) is 0 Å². The Morgan fingerprint density at radius 3 is 2.00 bits per heavy atom. The van der Waals surface area contributed by atoms with E-state index in [9.17, 15) is 13.6 Å². The summed E-state index contributed by atoms with van der Waals surface area (Å²) in [4.78, 5) is 10.9. The number of hydrogen-bond acceptors (Lipinski definition) is 2. The van der Waals surface area contributed by atoms with Crippen molar-refractivity contribution in [3.63, 3.8) is 0 Å². The maximum absolute atomic E-state index is 13.4. The molecule has 0 saturated carbocycles. The van der Waals surface area contributed by atoms with Crippen molar-refractivity contribution in [2.45, 2.75) is 6.92 Å². The smallest absolute Gasteiger partial charge is 0.221 e. The molecule has 2 aromatic rings. The molecule has 0 aliphatic heterocycles. The number of para-hydroxylation sites is 1. The van der Waals surface area contributed by atoms with Gasteiger partial charge in [-0.05, 0) is 36.4 Å². The molecule has 2 aromatic carbocycles. The highest BCUT2D eigenvalue weighted by atomic mass is 19.1. The van der Waals surface area contributed by atoms with Gasteiger partial charge in [-0.2, -0.15) is 0 Å². The SMILES string of the molecule is CC(=O)Nc1ccc(Nc2c(F)cccc2F)cc1. The minimum atomic E-state index is -0.661. The summed E-state index contributed by atoms with van der Waals surface area (Å²) in [6, 6.07) is 10.2. The van der Waals surface area contributed by atoms with Gasteiger partial charge in [-0.15, -0.1) is 0 Å². The minimum Gasteiger partial charge on any atom is -0.351 e. The lowest BCUT2D eigenvalue weighted by Crippen LogP contribution is -2.05. The van der Waals surface area contributed by atoms with Gasteiger partial charge in [0.1, 0.15) is 17.3 Å². The van der Waals surface area contributed by atoms with Crippen LogP contribution >= 0.6 is 0 Å². The Balaban J connectivity index is 2.18. The van der Waals surface area contributed by atoms with Crippen LogP contribution in [0.3, 0.4) is 0 Å². The van der Waals surface area contributed by atoms with Crippen LogP contribution < -0.4 is 10.6 Å². The van der Waals surface area contributed by atoms with Crippen LogP contribution in [0.25, 0.3) is 0 Å². The number of anilines is 3. The second kappa shape index (κ2) is 5.48. The van der Waals surface area contributed by atoms with E-state index in [0.29, 0.717) is 11.4 Å². The molecule has 0 aliphatic rings. The van der Waals surface area contributed by atoms with Crippen molar-refractivity contribution in [1.29, 1.82) is 0 Å². The lowest BCUT2D eigenvalue weighted by Gasteiger charge is -2.09. The van der Waals surface area contributed by atoms with E-state index in [1.54, 1.807) is 24.3 Å². The fraction of sp³-hybridized carbons (Fsp3) is 0.0714. The molecule has 0 bridgehead atoms. The second-order valence-electron chi connectivity index (χ2n) is 3.98. The third-order valence-corrected chi connectivity index (χ3v) is 2.44. The summed E-state index contributed by atoms with van der Waals surface area (Å²) in [5, 5.41) is 5.26. The Morgan fingerprint density at radius 2 is 1.47 bits per heavy atom. The molecule has 0 aliphatic carbocycles. The van der Waals surface area contributed by atoms with Crippen LogP contribution in [0.15, 0.2) is 42.5 Å². The molecule has 3 nitrogen and oxygen atoms in total. The van der Waals surface area contributed by atoms with Crippen LogP contribution in [0.1, 0.15) is 6.92 Å². The van der Waals surface area contributed by atoms with Gasteiger partial charge >= 0.3 is 0 Å². The van der Waals surface area contributed by atoms with Gasteiger partial charge in [-0.3, -0.25) is 4.79 Å². The fourth-order valence-electron chi connectivity index (χ4n) is 1.60. The minimum absolute atomic E-state index is 0.180. The first-order valence-corrected chi connectivity index (χ1v) is 5.65. The normalized spacial score (nSPS) is 10.1. The van der Waals surface area contributed by atoms with E-state index in [1.807, 2.05) is 0 Å². The number of hydrogen-bond donors (Lipinski definition) is 2. The second-order valence-corrected chi connectivity index (χ2v) is 3.98. The Kier molecular flexibility index (Phi) is 3.75. The van der Waals surface area contributed by atoms with Crippen LogP contribution in [0.2, 0.25) is 0 Å². The highest BCUT2D eigenvalue weighted by molar-refractivity contribution is 5.88. The maximum atomic E-state index is 13.4. The van der Waals surface area contributed by atoms with Gasteiger partial charge in [0.05, 0.1) is 0 Å². The summed E-state index contributed by atoms with van der Waals surface area (Å²) >= 11 is 0. The molecule has 0 radical (unpaired) electrons. The molecule has 0 aromatic heterocycles. The summed E-state index contributed by atoms with van der Waals surface area (Å²) in [5.41, 5.74) is 0.944. The molecule has 0 saturated heterocycles.